The fraction of sp³-hybridized carbons (Fsp3) is 0.476. The van der Waals surface area contributed by atoms with Crippen LogP contribution in [0.5, 0.6) is 0 Å². The SMILES string of the molecule is C=CN1C(=O)CCC1=O.CCCC(=O)N1CCCC1c1cccc(C)c1. The molecule has 140 valence electrons. The van der Waals surface area contributed by atoms with Crippen LogP contribution in [-0.4, -0.2) is 34.1 Å². The van der Waals surface area contributed by atoms with E-state index >= 15 is 0 Å². The van der Waals surface area contributed by atoms with E-state index in [9.17, 15) is 14.4 Å². The molecule has 5 nitrogen and oxygen atoms in total. The van der Waals surface area contributed by atoms with Crippen molar-refractivity contribution in [3.8, 4) is 0 Å². The molecule has 0 bridgehead atoms. The van der Waals surface area contributed by atoms with Gasteiger partial charge in [-0.1, -0.05) is 43.3 Å². The highest BCUT2D eigenvalue weighted by Gasteiger charge is 2.29. The molecule has 3 rings (SSSR count). The van der Waals surface area contributed by atoms with Crippen LogP contribution in [0.4, 0.5) is 0 Å². The summed E-state index contributed by atoms with van der Waals surface area (Å²) in [6.45, 7) is 8.43. The number of nitrogens with zero attached hydrogens (tertiary/aromatic N) is 2. The summed E-state index contributed by atoms with van der Waals surface area (Å²) in [7, 11) is 0. The standard InChI is InChI=1S/C15H21NO.C6H7NO2/c1-3-6-15(17)16-10-5-9-14(16)13-8-4-7-12(2)11-13;1-2-7-5(8)3-4-6(7)9/h4,7-8,11,14H,3,5-6,9-10H2,1-2H3;2H,1,3-4H2. The lowest BCUT2D eigenvalue weighted by atomic mass is 10.0. The van der Waals surface area contributed by atoms with E-state index in [2.05, 4.69) is 49.6 Å². The Hall–Kier alpha value is -2.43. The molecule has 2 saturated heterocycles. The van der Waals surface area contributed by atoms with Gasteiger partial charge in [0.15, 0.2) is 0 Å². The van der Waals surface area contributed by atoms with Gasteiger partial charge in [-0.25, -0.2) is 0 Å². The summed E-state index contributed by atoms with van der Waals surface area (Å²) in [5.74, 6) is 0.0292. The predicted molar refractivity (Wildman–Crippen MR) is 101 cm³/mol. The number of imide groups is 1. The van der Waals surface area contributed by atoms with E-state index in [1.54, 1.807) is 0 Å². The van der Waals surface area contributed by atoms with Gasteiger partial charge in [0.05, 0.1) is 6.04 Å². The third kappa shape index (κ3) is 4.81. The predicted octanol–water partition coefficient (Wildman–Crippen LogP) is 3.74. The van der Waals surface area contributed by atoms with E-state index in [4.69, 9.17) is 0 Å². The quantitative estimate of drug-likeness (QED) is 0.772. The Labute approximate surface area is 155 Å². The highest BCUT2D eigenvalue weighted by molar-refractivity contribution is 6.02. The summed E-state index contributed by atoms with van der Waals surface area (Å²) in [6, 6.07) is 8.87. The maximum Gasteiger partial charge on any atom is 0.233 e. The molecule has 0 radical (unpaired) electrons. The molecule has 2 aliphatic rings. The zero-order chi connectivity index (χ0) is 19.1. The molecule has 0 N–H and O–H groups in total. The summed E-state index contributed by atoms with van der Waals surface area (Å²) in [6.07, 6.45) is 5.80. The molecule has 1 unspecified atom stereocenters. The first-order valence-electron chi connectivity index (χ1n) is 9.31. The van der Waals surface area contributed by atoms with Crippen LogP contribution in [0.25, 0.3) is 0 Å². The molecule has 5 heteroatoms. The number of carbonyl (C=O) groups is 3. The van der Waals surface area contributed by atoms with Crippen molar-refractivity contribution in [3.05, 3.63) is 48.2 Å². The molecular weight excluding hydrogens is 328 g/mol. The fourth-order valence-electron chi connectivity index (χ4n) is 3.44. The first-order valence-corrected chi connectivity index (χ1v) is 9.31. The van der Waals surface area contributed by atoms with E-state index in [1.807, 2.05) is 0 Å². The molecule has 26 heavy (non-hydrogen) atoms. The van der Waals surface area contributed by atoms with Crippen molar-refractivity contribution in [1.29, 1.82) is 0 Å². The number of amides is 3. The van der Waals surface area contributed by atoms with Crippen molar-refractivity contribution in [3.63, 3.8) is 0 Å². The summed E-state index contributed by atoms with van der Waals surface area (Å²) < 4.78 is 0. The Kier molecular flexibility index (Phi) is 7.13. The van der Waals surface area contributed by atoms with Crippen LogP contribution < -0.4 is 0 Å². The van der Waals surface area contributed by atoms with Crippen molar-refractivity contribution in [2.45, 2.75) is 58.4 Å². The number of hydrogen-bond acceptors (Lipinski definition) is 3. The number of benzene rings is 1. The van der Waals surface area contributed by atoms with Gasteiger partial charge in [-0.2, -0.15) is 0 Å². The second kappa shape index (κ2) is 9.32. The molecule has 0 aliphatic carbocycles. The van der Waals surface area contributed by atoms with Gasteiger partial charge in [-0.3, -0.25) is 19.3 Å². The molecular formula is C21H28N2O3. The van der Waals surface area contributed by atoms with E-state index in [-0.39, 0.29) is 11.8 Å². The third-order valence-electron chi connectivity index (χ3n) is 4.74. The minimum Gasteiger partial charge on any atom is -0.336 e. The van der Waals surface area contributed by atoms with E-state index in [0.29, 0.717) is 31.2 Å². The molecule has 0 aromatic heterocycles. The van der Waals surface area contributed by atoms with Crippen LogP contribution >= 0.6 is 0 Å². The highest BCUT2D eigenvalue weighted by Crippen LogP contribution is 2.32. The van der Waals surface area contributed by atoms with Crippen molar-refractivity contribution in [1.82, 2.24) is 9.80 Å². The average molecular weight is 356 g/mol. The lowest BCUT2D eigenvalue weighted by Gasteiger charge is -2.25. The van der Waals surface area contributed by atoms with Crippen LogP contribution in [0.2, 0.25) is 0 Å². The zero-order valence-electron chi connectivity index (χ0n) is 15.7. The molecule has 2 heterocycles. The summed E-state index contributed by atoms with van der Waals surface area (Å²) in [5, 5.41) is 0. The summed E-state index contributed by atoms with van der Waals surface area (Å²) in [4.78, 5) is 36.5. The second-order valence-electron chi connectivity index (χ2n) is 6.75. The number of carbonyl (C=O) groups excluding carboxylic acids is 3. The Bertz CT molecular complexity index is 668. The first-order chi connectivity index (χ1) is 12.5. The van der Waals surface area contributed by atoms with Gasteiger partial charge < -0.3 is 4.90 Å². The molecule has 1 atom stereocenters. The minimum atomic E-state index is -0.144. The average Bonchev–Trinajstić information content (AvgIpc) is 3.22. The normalized spacial score (nSPS) is 19.4. The molecule has 1 aromatic rings. The lowest BCUT2D eigenvalue weighted by molar-refractivity contribution is -0.135. The summed E-state index contributed by atoms with van der Waals surface area (Å²) in [5.41, 5.74) is 2.57. The van der Waals surface area contributed by atoms with Crippen molar-refractivity contribution in [2.75, 3.05) is 6.54 Å². The highest BCUT2D eigenvalue weighted by atomic mass is 16.2. The number of aryl methyl sites for hydroxylation is 1. The topological polar surface area (TPSA) is 57.7 Å². The Balaban J connectivity index is 0.000000228. The van der Waals surface area contributed by atoms with Gasteiger partial charge in [-0.15, -0.1) is 0 Å². The largest absolute Gasteiger partial charge is 0.336 e. The maximum atomic E-state index is 12.0. The van der Waals surface area contributed by atoms with Crippen LogP contribution in [0, 0.1) is 6.92 Å². The fourth-order valence-corrected chi connectivity index (χ4v) is 3.44. The second-order valence-corrected chi connectivity index (χ2v) is 6.75. The van der Waals surface area contributed by atoms with Gasteiger partial charge in [0.1, 0.15) is 0 Å². The maximum absolute atomic E-state index is 12.0. The zero-order valence-corrected chi connectivity index (χ0v) is 15.7. The Morgan fingerprint density at radius 1 is 1.27 bits per heavy atom. The minimum absolute atomic E-state index is 0.144. The van der Waals surface area contributed by atoms with Crippen LogP contribution in [-0.2, 0) is 14.4 Å². The number of likely N-dealkylation sites (tertiary alicyclic amines) is 2. The number of hydrogen-bond donors (Lipinski definition) is 0. The molecule has 2 aliphatic heterocycles. The van der Waals surface area contributed by atoms with Crippen LogP contribution in [0.1, 0.15) is 62.6 Å². The van der Waals surface area contributed by atoms with Crippen molar-refractivity contribution < 1.29 is 14.4 Å². The lowest BCUT2D eigenvalue weighted by Crippen LogP contribution is -2.30. The molecule has 0 saturated carbocycles. The third-order valence-corrected chi connectivity index (χ3v) is 4.74. The molecule has 2 fully saturated rings. The molecule has 0 spiro atoms. The van der Waals surface area contributed by atoms with E-state index in [1.165, 1.54) is 17.3 Å². The smallest absolute Gasteiger partial charge is 0.233 e. The van der Waals surface area contributed by atoms with Gasteiger partial charge in [0.25, 0.3) is 0 Å². The van der Waals surface area contributed by atoms with Gasteiger partial charge in [0.2, 0.25) is 17.7 Å². The molecule has 1 aromatic carbocycles. The van der Waals surface area contributed by atoms with E-state index < -0.39 is 0 Å². The van der Waals surface area contributed by atoms with Gasteiger partial charge >= 0.3 is 0 Å². The Morgan fingerprint density at radius 3 is 2.50 bits per heavy atom. The van der Waals surface area contributed by atoms with Crippen LogP contribution in [0.15, 0.2) is 37.0 Å². The monoisotopic (exact) mass is 356 g/mol. The van der Waals surface area contributed by atoms with E-state index in [0.717, 1.165) is 30.7 Å². The number of rotatable bonds is 4. The molecule has 3 amide bonds. The van der Waals surface area contributed by atoms with Crippen molar-refractivity contribution in [2.24, 2.45) is 0 Å². The first kappa shape index (κ1) is 19.9. The van der Waals surface area contributed by atoms with Gasteiger partial charge in [0, 0.05) is 32.0 Å². The van der Waals surface area contributed by atoms with Gasteiger partial charge in [-0.05, 0) is 31.7 Å². The van der Waals surface area contributed by atoms with Crippen molar-refractivity contribution >= 4 is 17.7 Å². The van der Waals surface area contributed by atoms with Crippen LogP contribution in [0.3, 0.4) is 0 Å². The summed E-state index contributed by atoms with van der Waals surface area (Å²) >= 11 is 0. The Morgan fingerprint density at radius 2 is 1.96 bits per heavy atom.